The van der Waals surface area contributed by atoms with Gasteiger partial charge < -0.3 is 0 Å². The molecule has 0 aromatic rings. The van der Waals surface area contributed by atoms with Gasteiger partial charge in [0.15, 0.2) is 0 Å². The summed E-state index contributed by atoms with van der Waals surface area (Å²) in [4.78, 5) is 0. The predicted molar refractivity (Wildman–Crippen MR) is 41.0 cm³/mol. The van der Waals surface area contributed by atoms with Crippen LogP contribution in [0, 0.1) is 0 Å². The largest absolute Gasteiger partial charge is 0.107 e. The van der Waals surface area contributed by atoms with Crippen molar-refractivity contribution >= 4 is 7.92 Å². The van der Waals surface area contributed by atoms with Gasteiger partial charge in [-0.05, 0) is 31.3 Å². The van der Waals surface area contributed by atoms with Crippen LogP contribution in [0.5, 0.6) is 0 Å². The van der Waals surface area contributed by atoms with Gasteiger partial charge in [0.05, 0.1) is 0 Å². The fourth-order valence-electron chi connectivity index (χ4n) is 1.24. The van der Waals surface area contributed by atoms with E-state index >= 15 is 0 Å². The molecule has 0 radical (unpaired) electrons. The van der Waals surface area contributed by atoms with Gasteiger partial charge in [-0.25, -0.2) is 0 Å². The van der Waals surface area contributed by atoms with Crippen molar-refractivity contribution in [2.75, 3.05) is 12.8 Å². The lowest BCUT2D eigenvalue weighted by Gasteiger charge is -2.25. The molecule has 0 N–H and O–H groups in total. The number of hydrogen-bond acceptors (Lipinski definition) is 0. The van der Waals surface area contributed by atoms with Crippen molar-refractivity contribution in [3.8, 4) is 0 Å². The van der Waals surface area contributed by atoms with Gasteiger partial charge in [0.25, 0.3) is 0 Å². The van der Waals surface area contributed by atoms with Crippen molar-refractivity contribution in [2.45, 2.75) is 31.8 Å². The maximum Gasteiger partial charge on any atom is -0.0240 e. The molecule has 8 heavy (non-hydrogen) atoms. The third-order valence-electron chi connectivity index (χ3n) is 2.14. The lowest BCUT2D eigenvalue weighted by atomic mass is 10.2. The van der Waals surface area contributed by atoms with E-state index in [-0.39, 0.29) is 0 Å². The Bertz CT molecular complexity index is 60.8. The van der Waals surface area contributed by atoms with Gasteiger partial charge in [0, 0.05) is 0 Å². The zero-order valence-electron chi connectivity index (χ0n) is 5.85. The summed E-state index contributed by atoms with van der Waals surface area (Å²) in [5.74, 6) is 0. The normalized spacial score (nSPS) is 39.8. The van der Waals surface area contributed by atoms with Gasteiger partial charge in [-0.1, -0.05) is 13.3 Å². The molecular weight excluding hydrogens is 115 g/mol. The molecule has 0 saturated carbocycles. The first kappa shape index (κ1) is 6.55. The molecule has 1 aliphatic heterocycles. The molecule has 0 aromatic heterocycles. The second-order valence-corrected chi connectivity index (χ2v) is 5.67. The average Bonchev–Trinajstić information content (AvgIpc) is 1.77. The molecule has 0 aromatic carbocycles. The Morgan fingerprint density at radius 2 is 2.12 bits per heavy atom. The van der Waals surface area contributed by atoms with Crippen LogP contribution in [-0.2, 0) is 0 Å². The number of rotatable bonds is 0. The first-order valence-electron chi connectivity index (χ1n) is 3.51. The van der Waals surface area contributed by atoms with E-state index in [0.29, 0.717) is 7.92 Å². The van der Waals surface area contributed by atoms with E-state index in [1.165, 1.54) is 25.4 Å². The van der Waals surface area contributed by atoms with E-state index in [4.69, 9.17) is 0 Å². The zero-order valence-corrected chi connectivity index (χ0v) is 6.75. The second-order valence-electron chi connectivity index (χ2n) is 2.83. The molecule has 1 saturated heterocycles. The van der Waals surface area contributed by atoms with Crippen molar-refractivity contribution in [3.63, 3.8) is 0 Å². The van der Waals surface area contributed by atoms with Crippen LogP contribution in [-0.4, -0.2) is 18.5 Å². The van der Waals surface area contributed by atoms with Crippen LogP contribution < -0.4 is 0 Å². The van der Waals surface area contributed by atoms with Crippen LogP contribution in [0.3, 0.4) is 0 Å². The van der Waals surface area contributed by atoms with Gasteiger partial charge in [-0.15, -0.1) is 7.92 Å². The first-order chi connectivity index (χ1) is 3.80. The first-order valence-corrected chi connectivity index (χ1v) is 5.55. The topological polar surface area (TPSA) is 0 Å². The van der Waals surface area contributed by atoms with Gasteiger partial charge in [-0.3, -0.25) is 0 Å². The minimum absolute atomic E-state index is 0.447. The Morgan fingerprint density at radius 1 is 1.38 bits per heavy atom. The zero-order chi connectivity index (χ0) is 5.98. The Labute approximate surface area is 53.4 Å². The smallest absolute Gasteiger partial charge is 0.0240 e. The van der Waals surface area contributed by atoms with Crippen LogP contribution >= 0.6 is 7.92 Å². The van der Waals surface area contributed by atoms with Crippen LogP contribution in [0.15, 0.2) is 0 Å². The van der Waals surface area contributed by atoms with Crippen molar-refractivity contribution in [1.29, 1.82) is 0 Å². The summed E-state index contributed by atoms with van der Waals surface area (Å²) in [6.07, 6.45) is 6.04. The van der Waals surface area contributed by atoms with Crippen molar-refractivity contribution < 1.29 is 0 Å². The van der Waals surface area contributed by atoms with Gasteiger partial charge >= 0.3 is 0 Å². The Balaban J connectivity index is 2.28. The van der Waals surface area contributed by atoms with E-state index in [1.54, 1.807) is 0 Å². The average molecular weight is 130 g/mol. The summed E-state index contributed by atoms with van der Waals surface area (Å²) in [5.41, 5.74) is 1.07. The Morgan fingerprint density at radius 3 is 2.50 bits per heavy atom. The number of hydrogen-bond donors (Lipinski definition) is 0. The fraction of sp³-hybridized carbons (Fsp3) is 1.00. The molecule has 1 rings (SSSR count). The van der Waals surface area contributed by atoms with Crippen LogP contribution in [0.1, 0.15) is 26.2 Å². The van der Waals surface area contributed by atoms with E-state index < -0.39 is 0 Å². The highest BCUT2D eigenvalue weighted by molar-refractivity contribution is 7.57. The molecule has 1 fully saturated rings. The minimum atomic E-state index is 0.447. The second kappa shape index (κ2) is 2.82. The SMILES string of the molecule is C[C@H]1CCCCP1C. The lowest BCUT2D eigenvalue weighted by molar-refractivity contribution is 0.680. The maximum atomic E-state index is 2.44. The molecule has 0 aliphatic carbocycles. The molecule has 2 atom stereocenters. The van der Waals surface area contributed by atoms with Crippen molar-refractivity contribution in [2.24, 2.45) is 0 Å². The molecule has 48 valence electrons. The molecule has 0 nitrogen and oxygen atoms in total. The highest BCUT2D eigenvalue weighted by Crippen LogP contribution is 2.43. The highest BCUT2D eigenvalue weighted by Gasteiger charge is 2.14. The molecule has 0 amide bonds. The third kappa shape index (κ3) is 1.45. The quantitative estimate of drug-likeness (QED) is 0.442. The van der Waals surface area contributed by atoms with Gasteiger partial charge in [0.1, 0.15) is 0 Å². The fourth-order valence-corrected chi connectivity index (χ4v) is 3.03. The van der Waals surface area contributed by atoms with Gasteiger partial charge in [0.2, 0.25) is 0 Å². The summed E-state index contributed by atoms with van der Waals surface area (Å²) in [6.45, 7) is 4.85. The summed E-state index contributed by atoms with van der Waals surface area (Å²) in [6, 6.07) is 0. The molecule has 1 aliphatic rings. The van der Waals surface area contributed by atoms with Crippen LogP contribution in [0.25, 0.3) is 0 Å². The molecular formula is C7H15P. The van der Waals surface area contributed by atoms with Crippen LogP contribution in [0.2, 0.25) is 0 Å². The molecule has 1 heterocycles. The monoisotopic (exact) mass is 130 g/mol. The summed E-state index contributed by atoms with van der Waals surface area (Å²) >= 11 is 0. The predicted octanol–water partition coefficient (Wildman–Crippen LogP) is 2.67. The van der Waals surface area contributed by atoms with Gasteiger partial charge in [-0.2, -0.15) is 0 Å². The molecule has 0 spiro atoms. The maximum absolute atomic E-state index is 2.44. The standard InChI is InChI=1S/C7H15P/c1-7-5-3-4-6-8(7)2/h7H,3-6H2,1-2H3/t7-,8?/m0/s1. The Kier molecular flexibility index (Phi) is 2.31. The summed E-state index contributed by atoms with van der Waals surface area (Å²) in [5, 5.41) is 0. The molecule has 1 heteroatoms. The van der Waals surface area contributed by atoms with E-state index in [2.05, 4.69) is 13.6 Å². The van der Waals surface area contributed by atoms with Crippen molar-refractivity contribution in [1.82, 2.24) is 0 Å². The third-order valence-corrected chi connectivity index (χ3v) is 4.92. The minimum Gasteiger partial charge on any atom is -0.107 e. The Hall–Kier alpha value is 0.430. The highest BCUT2D eigenvalue weighted by atomic mass is 31.1. The van der Waals surface area contributed by atoms with E-state index in [9.17, 15) is 0 Å². The molecule has 0 bridgehead atoms. The van der Waals surface area contributed by atoms with Crippen molar-refractivity contribution in [3.05, 3.63) is 0 Å². The summed E-state index contributed by atoms with van der Waals surface area (Å²) in [7, 11) is 0.447. The summed E-state index contributed by atoms with van der Waals surface area (Å²) < 4.78 is 0. The lowest BCUT2D eigenvalue weighted by Crippen LogP contribution is -2.07. The van der Waals surface area contributed by atoms with Crippen LogP contribution in [0.4, 0.5) is 0 Å². The van der Waals surface area contributed by atoms with E-state index in [1.807, 2.05) is 0 Å². The van der Waals surface area contributed by atoms with E-state index in [0.717, 1.165) is 5.66 Å². The molecule has 1 unspecified atom stereocenters.